The average Bonchev–Trinajstić information content (AvgIpc) is 3.11. The lowest BCUT2D eigenvalue weighted by Gasteiger charge is -2.16. The van der Waals surface area contributed by atoms with Crippen LogP contribution in [-0.2, 0) is 22.6 Å². The molecule has 0 unspecified atom stereocenters. The molecule has 1 aromatic carbocycles. The highest BCUT2D eigenvalue weighted by atomic mass is 16.3. The number of hydrogen-bond acceptors (Lipinski definition) is 5. The molecule has 3 aromatic rings. The summed E-state index contributed by atoms with van der Waals surface area (Å²) in [6, 6.07) is 7.76. The van der Waals surface area contributed by atoms with E-state index in [1.54, 1.807) is 24.2 Å². The third-order valence-corrected chi connectivity index (χ3v) is 5.43. The molecule has 1 aliphatic rings. The van der Waals surface area contributed by atoms with Gasteiger partial charge in [-0.15, -0.1) is 0 Å². The molecule has 162 valence electrons. The quantitative estimate of drug-likeness (QED) is 0.491. The van der Waals surface area contributed by atoms with Crippen LogP contribution in [-0.4, -0.2) is 35.3 Å². The molecule has 0 radical (unpaired) electrons. The summed E-state index contributed by atoms with van der Waals surface area (Å²) in [7, 11) is 1.73. The van der Waals surface area contributed by atoms with E-state index in [1.807, 2.05) is 31.2 Å². The summed E-state index contributed by atoms with van der Waals surface area (Å²) in [5.41, 5.74) is 9.75. The fourth-order valence-electron chi connectivity index (χ4n) is 3.64. The molecule has 1 aliphatic heterocycles. The SMILES string of the molecule is Cc1c(CN(C)C(=O)/C=C/c2cnc3c(c2)CCC(=O)N3)oc2c(C#CCN)cccc12. The first kappa shape index (κ1) is 21.3. The minimum atomic E-state index is -0.154. The van der Waals surface area contributed by atoms with Gasteiger partial charge in [-0.3, -0.25) is 9.59 Å². The summed E-state index contributed by atoms with van der Waals surface area (Å²) in [6.07, 6.45) is 5.98. The second-order valence-corrected chi connectivity index (χ2v) is 7.69. The number of furan rings is 1. The first-order valence-corrected chi connectivity index (χ1v) is 10.4. The van der Waals surface area contributed by atoms with Gasteiger partial charge in [0.2, 0.25) is 11.8 Å². The van der Waals surface area contributed by atoms with Gasteiger partial charge in [0.15, 0.2) is 0 Å². The number of aryl methyl sites for hydroxylation is 2. The maximum absolute atomic E-state index is 12.7. The normalized spacial score (nSPS) is 12.9. The fraction of sp³-hybridized carbons (Fsp3) is 0.240. The number of fused-ring (bicyclic) bond motifs is 2. The molecule has 0 aliphatic carbocycles. The molecular formula is C25H24N4O3. The van der Waals surface area contributed by atoms with Gasteiger partial charge >= 0.3 is 0 Å². The number of carbonyl (C=O) groups excluding carboxylic acids is 2. The Morgan fingerprint density at radius 2 is 2.22 bits per heavy atom. The highest BCUT2D eigenvalue weighted by molar-refractivity contribution is 5.94. The molecule has 0 saturated carbocycles. The van der Waals surface area contributed by atoms with Crippen molar-refractivity contribution in [3.05, 3.63) is 64.6 Å². The summed E-state index contributed by atoms with van der Waals surface area (Å²) < 4.78 is 6.08. The summed E-state index contributed by atoms with van der Waals surface area (Å²) in [6.45, 7) is 2.59. The van der Waals surface area contributed by atoms with E-state index in [0.717, 1.165) is 33.4 Å². The topological polar surface area (TPSA) is 101 Å². The van der Waals surface area contributed by atoms with Gasteiger partial charge in [-0.05, 0) is 42.7 Å². The average molecular weight is 428 g/mol. The van der Waals surface area contributed by atoms with Crippen LogP contribution < -0.4 is 11.1 Å². The molecule has 0 atom stereocenters. The summed E-state index contributed by atoms with van der Waals surface area (Å²) >= 11 is 0. The highest BCUT2D eigenvalue weighted by Gasteiger charge is 2.17. The van der Waals surface area contributed by atoms with Crippen LogP contribution in [0.2, 0.25) is 0 Å². The van der Waals surface area contributed by atoms with Crippen LogP contribution in [0.1, 0.15) is 34.4 Å². The molecule has 2 aromatic heterocycles. The summed E-state index contributed by atoms with van der Waals surface area (Å²) in [5.74, 6) is 7.03. The Hall–Kier alpha value is -3.89. The van der Waals surface area contributed by atoms with Crippen molar-refractivity contribution >= 4 is 34.7 Å². The molecule has 0 spiro atoms. The second-order valence-electron chi connectivity index (χ2n) is 7.69. The number of nitrogens with two attached hydrogens (primary N) is 1. The van der Waals surface area contributed by atoms with E-state index in [0.29, 0.717) is 30.8 Å². The van der Waals surface area contributed by atoms with Crippen molar-refractivity contribution in [3.63, 3.8) is 0 Å². The summed E-state index contributed by atoms with van der Waals surface area (Å²) in [5, 5.41) is 3.73. The van der Waals surface area contributed by atoms with Crippen LogP contribution in [0.4, 0.5) is 5.82 Å². The molecule has 32 heavy (non-hydrogen) atoms. The zero-order valence-corrected chi connectivity index (χ0v) is 18.1. The maximum atomic E-state index is 12.7. The number of nitrogens with zero attached hydrogens (tertiary/aromatic N) is 2. The van der Waals surface area contributed by atoms with Crippen molar-refractivity contribution in [1.82, 2.24) is 9.88 Å². The molecule has 3 N–H and O–H groups in total. The lowest BCUT2D eigenvalue weighted by atomic mass is 10.0. The van der Waals surface area contributed by atoms with Crippen molar-refractivity contribution in [2.75, 3.05) is 18.9 Å². The van der Waals surface area contributed by atoms with E-state index >= 15 is 0 Å². The molecule has 2 amide bonds. The van der Waals surface area contributed by atoms with E-state index < -0.39 is 0 Å². The number of carbonyl (C=O) groups is 2. The number of para-hydroxylation sites is 1. The van der Waals surface area contributed by atoms with Gasteiger partial charge in [0.25, 0.3) is 0 Å². The Bertz CT molecular complexity index is 1290. The molecular weight excluding hydrogens is 404 g/mol. The molecule has 0 bridgehead atoms. The Kier molecular flexibility index (Phi) is 6.06. The first-order chi connectivity index (χ1) is 15.5. The van der Waals surface area contributed by atoms with E-state index in [-0.39, 0.29) is 18.4 Å². The number of anilines is 1. The lowest BCUT2D eigenvalue weighted by Crippen LogP contribution is -2.24. The number of aromatic nitrogens is 1. The molecule has 4 rings (SSSR count). The molecule has 0 fully saturated rings. The van der Waals surface area contributed by atoms with Gasteiger partial charge in [0.1, 0.15) is 17.2 Å². The number of amides is 2. The van der Waals surface area contributed by atoms with E-state index in [1.165, 1.54) is 6.08 Å². The van der Waals surface area contributed by atoms with Gasteiger partial charge in [-0.25, -0.2) is 4.98 Å². The van der Waals surface area contributed by atoms with Crippen LogP contribution in [0, 0.1) is 18.8 Å². The van der Waals surface area contributed by atoms with Gasteiger partial charge in [-0.1, -0.05) is 24.0 Å². The predicted octanol–water partition coefficient (Wildman–Crippen LogP) is 3.00. The van der Waals surface area contributed by atoms with Crippen molar-refractivity contribution in [2.45, 2.75) is 26.3 Å². The van der Waals surface area contributed by atoms with Crippen LogP contribution in [0.25, 0.3) is 17.0 Å². The third kappa shape index (κ3) is 4.41. The number of hydrogen-bond donors (Lipinski definition) is 2. The van der Waals surface area contributed by atoms with Gasteiger partial charge in [0.05, 0.1) is 18.7 Å². The predicted molar refractivity (Wildman–Crippen MR) is 124 cm³/mol. The number of likely N-dealkylation sites (N-methyl/N-ethyl adjacent to an activating group) is 1. The molecule has 0 saturated heterocycles. The number of rotatable bonds is 4. The maximum Gasteiger partial charge on any atom is 0.246 e. The minimum absolute atomic E-state index is 0.0236. The van der Waals surface area contributed by atoms with Gasteiger partial charge < -0.3 is 20.4 Å². The molecule has 7 nitrogen and oxygen atoms in total. The third-order valence-electron chi connectivity index (χ3n) is 5.43. The Morgan fingerprint density at radius 1 is 1.38 bits per heavy atom. The first-order valence-electron chi connectivity index (χ1n) is 10.4. The standard InChI is InChI=1S/C25H24N4O3/c1-16-20-7-3-5-18(6-4-12-26)24(20)32-21(16)15-29(2)23(31)11-8-17-13-19-9-10-22(30)28-25(19)27-14-17/h3,5,7-8,11,13-14H,9-10,12,15,26H2,1-2H3,(H,27,28,30)/b11-8+. The Balaban J connectivity index is 1.49. The van der Waals surface area contributed by atoms with Crippen molar-refractivity contribution in [3.8, 4) is 11.8 Å². The number of pyridine rings is 1. The number of benzene rings is 1. The van der Waals surface area contributed by atoms with Crippen LogP contribution >= 0.6 is 0 Å². The second kappa shape index (κ2) is 9.08. The summed E-state index contributed by atoms with van der Waals surface area (Å²) in [4.78, 5) is 30.0. The zero-order chi connectivity index (χ0) is 22.7. The van der Waals surface area contributed by atoms with Gasteiger partial charge in [-0.2, -0.15) is 0 Å². The smallest absolute Gasteiger partial charge is 0.246 e. The zero-order valence-electron chi connectivity index (χ0n) is 18.1. The van der Waals surface area contributed by atoms with Crippen molar-refractivity contribution < 1.29 is 14.0 Å². The number of nitrogens with one attached hydrogen (secondary N) is 1. The molecule has 3 heterocycles. The largest absolute Gasteiger partial charge is 0.458 e. The lowest BCUT2D eigenvalue weighted by molar-refractivity contribution is -0.125. The van der Waals surface area contributed by atoms with E-state index in [9.17, 15) is 9.59 Å². The van der Waals surface area contributed by atoms with Crippen LogP contribution in [0.15, 0.2) is 41.0 Å². The molecule has 7 heteroatoms. The monoisotopic (exact) mass is 428 g/mol. The van der Waals surface area contributed by atoms with Gasteiger partial charge in [0, 0.05) is 36.7 Å². The Morgan fingerprint density at radius 3 is 3.03 bits per heavy atom. The fourth-order valence-corrected chi connectivity index (χ4v) is 3.64. The van der Waals surface area contributed by atoms with Crippen LogP contribution in [0.5, 0.6) is 0 Å². The van der Waals surface area contributed by atoms with E-state index in [4.69, 9.17) is 10.2 Å². The minimum Gasteiger partial charge on any atom is -0.458 e. The van der Waals surface area contributed by atoms with Crippen molar-refractivity contribution in [2.24, 2.45) is 5.73 Å². The Labute approximate surface area is 186 Å². The van der Waals surface area contributed by atoms with Crippen molar-refractivity contribution in [1.29, 1.82) is 0 Å². The van der Waals surface area contributed by atoms with E-state index in [2.05, 4.69) is 22.1 Å². The van der Waals surface area contributed by atoms with Crippen LogP contribution in [0.3, 0.4) is 0 Å². The highest BCUT2D eigenvalue weighted by Crippen LogP contribution is 2.28.